The van der Waals surface area contributed by atoms with Gasteiger partial charge in [-0.3, -0.25) is 9.48 Å². The van der Waals surface area contributed by atoms with Crippen LogP contribution in [0.3, 0.4) is 0 Å². The van der Waals surface area contributed by atoms with Crippen molar-refractivity contribution in [3.8, 4) is 0 Å². The first-order chi connectivity index (χ1) is 14.6. The van der Waals surface area contributed by atoms with Gasteiger partial charge in [0.25, 0.3) is 5.91 Å². The van der Waals surface area contributed by atoms with Gasteiger partial charge in [-0.15, -0.1) is 0 Å². The highest BCUT2D eigenvalue weighted by molar-refractivity contribution is 5.99. The molecule has 0 saturated carbocycles. The number of hydrogen-bond acceptors (Lipinski definition) is 6. The molecule has 9 heteroatoms. The lowest BCUT2D eigenvalue weighted by molar-refractivity contribution is 0.100. The number of fused-ring (bicyclic) bond motifs is 1. The molecule has 0 radical (unpaired) electrons. The van der Waals surface area contributed by atoms with Crippen LogP contribution in [0.15, 0.2) is 24.3 Å². The van der Waals surface area contributed by atoms with Gasteiger partial charge in [0.2, 0.25) is 0 Å². The molecule has 2 heterocycles. The Morgan fingerprint density at radius 1 is 1.23 bits per heavy atom. The number of amides is 1. The van der Waals surface area contributed by atoms with E-state index in [4.69, 9.17) is 11.5 Å². The van der Waals surface area contributed by atoms with Crippen LogP contribution in [0, 0.1) is 18.7 Å². The Morgan fingerprint density at radius 2 is 1.94 bits per heavy atom. The summed E-state index contributed by atoms with van der Waals surface area (Å²) in [5.41, 5.74) is 14.1. The van der Waals surface area contributed by atoms with E-state index in [1.807, 2.05) is 39.1 Å². The summed E-state index contributed by atoms with van der Waals surface area (Å²) in [5, 5.41) is 11.6. The molecule has 6 N–H and O–H groups in total. The number of benzene rings is 1. The fourth-order valence-electron chi connectivity index (χ4n) is 3.62. The second-order valence-corrected chi connectivity index (χ2v) is 8.38. The van der Waals surface area contributed by atoms with E-state index in [-0.39, 0.29) is 29.3 Å². The molecule has 0 aliphatic heterocycles. The molecule has 3 rings (SSSR count). The van der Waals surface area contributed by atoms with E-state index >= 15 is 0 Å². The summed E-state index contributed by atoms with van der Waals surface area (Å²) in [6, 6.07) is 6.37. The van der Waals surface area contributed by atoms with Crippen LogP contribution >= 0.6 is 0 Å². The zero-order chi connectivity index (χ0) is 22.9. The highest BCUT2D eigenvalue weighted by atomic mass is 19.1. The van der Waals surface area contributed by atoms with Crippen molar-refractivity contribution >= 4 is 34.1 Å². The third-order valence-corrected chi connectivity index (χ3v) is 5.22. The van der Waals surface area contributed by atoms with Crippen molar-refractivity contribution in [1.29, 1.82) is 0 Å². The average molecular weight is 428 g/mol. The van der Waals surface area contributed by atoms with E-state index in [0.717, 1.165) is 29.1 Å². The van der Waals surface area contributed by atoms with Gasteiger partial charge in [-0.25, -0.2) is 9.37 Å². The van der Waals surface area contributed by atoms with Crippen molar-refractivity contribution in [1.82, 2.24) is 14.8 Å². The first-order valence-electron chi connectivity index (χ1n) is 10.3. The maximum atomic E-state index is 14.7. The molecule has 0 aliphatic rings. The molecule has 31 heavy (non-hydrogen) atoms. The number of aromatic nitrogens is 3. The molecule has 2 atom stereocenters. The molecule has 0 unspecified atom stereocenters. The molecular formula is C22H30FN7O. The Balaban J connectivity index is 1.99. The highest BCUT2D eigenvalue weighted by Crippen LogP contribution is 2.28. The number of aryl methyl sites for hydroxylation is 2. The van der Waals surface area contributed by atoms with Gasteiger partial charge in [-0.1, -0.05) is 13.8 Å². The van der Waals surface area contributed by atoms with Crippen LogP contribution < -0.4 is 22.1 Å². The van der Waals surface area contributed by atoms with Crippen LogP contribution in [0.2, 0.25) is 0 Å². The largest absolute Gasteiger partial charge is 0.365 e. The van der Waals surface area contributed by atoms with Gasteiger partial charge in [-0.2, -0.15) is 5.10 Å². The third-order valence-electron chi connectivity index (χ3n) is 5.22. The summed E-state index contributed by atoms with van der Waals surface area (Å²) < 4.78 is 16.5. The Labute approximate surface area is 181 Å². The van der Waals surface area contributed by atoms with Gasteiger partial charge < -0.3 is 22.1 Å². The number of primary amides is 1. The molecule has 8 nitrogen and oxygen atoms in total. The molecule has 1 aromatic carbocycles. The second kappa shape index (κ2) is 8.89. The molecule has 3 aromatic rings. The van der Waals surface area contributed by atoms with Crippen molar-refractivity contribution in [2.75, 3.05) is 10.6 Å². The summed E-state index contributed by atoms with van der Waals surface area (Å²) in [7, 11) is 1.87. The summed E-state index contributed by atoms with van der Waals surface area (Å²) >= 11 is 0. The number of carbonyl (C=O) groups is 1. The summed E-state index contributed by atoms with van der Waals surface area (Å²) in [6.07, 6.45) is 0.746. The van der Waals surface area contributed by atoms with Crippen molar-refractivity contribution in [3.63, 3.8) is 0 Å². The first-order valence-corrected chi connectivity index (χ1v) is 10.3. The molecule has 0 bridgehead atoms. The van der Waals surface area contributed by atoms with Crippen LogP contribution in [0.1, 0.15) is 43.2 Å². The van der Waals surface area contributed by atoms with Gasteiger partial charge in [0.05, 0.1) is 16.8 Å². The average Bonchev–Trinajstić information content (AvgIpc) is 2.96. The van der Waals surface area contributed by atoms with E-state index in [1.54, 1.807) is 4.68 Å². The van der Waals surface area contributed by atoms with Gasteiger partial charge in [0.1, 0.15) is 5.82 Å². The van der Waals surface area contributed by atoms with E-state index in [0.29, 0.717) is 11.6 Å². The quantitative estimate of drug-likeness (QED) is 0.437. The monoisotopic (exact) mass is 427 g/mol. The fourth-order valence-corrected chi connectivity index (χ4v) is 3.62. The highest BCUT2D eigenvalue weighted by Gasteiger charge is 2.21. The number of nitrogens with zero attached hydrogens (tertiary/aromatic N) is 3. The Kier molecular flexibility index (Phi) is 6.45. The van der Waals surface area contributed by atoms with E-state index < -0.39 is 11.7 Å². The minimum absolute atomic E-state index is 0.0223. The minimum Gasteiger partial charge on any atom is -0.365 e. The molecular weight excluding hydrogens is 397 g/mol. The predicted molar refractivity (Wildman–Crippen MR) is 122 cm³/mol. The fraction of sp³-hybridized carbons (Fsp3) is 0.409. The third kappa shape index (κ3) is 4.93. The van der Waals surface area contributed by atoms with Crippen molar-refractivity contribution in [2.24, 2.45) is 24.4 Å². The molecule has 0 aliphatic carbocycles. The lowest BCUT2D eigenvalue weighted by Gasteiger charge is -2.25. The predicted octanol–water partition coefficient (Wildman–Crippen LogP) is 3.43. The smallest absolute Gasteiger partial charge is 0.252 e. The summed E-state index contributed by atoms with van der Waals surface area (Å²) in [6.45, 7) is 7.92. The number of nitrogens with one attached hydrogen (secondary N) is 2. The number of hydrogen-bond donors (Lipinski definition) is 4. The van der Waals surface area contributed by atoms with Crippen LogP contribution in [-0.2, 0) is 7.05 Å². The Bertz CT molecular complexity index is 1110. The van der Waals surface area contributed by atoms with Crippen LogP contribution in [0.25, 0.3) is 10.9 Å². The number of anilines is 3. The van der Waals surface area contributed by atoms with Crippen LogP contribution in [-0.4, -0.2) is 32.8 Å². The standard InChI is InChI=1S/C22H30FN7O/c1-11(2)8-18(12(3)24)27-22-17(23)10-16(20(25)31)21(28-22)26-14-6-7-19-15(9-14)13(4)29-30(19)5/h6-7,9-12,18H,8,24H2,1-5H3,(H2,25,31)(H2,26,27,28)/t12-,18+/m0/s1. The van der Waals surface area contributed by atoms with Crippen molar-refractivity contribution in [3.05, 3.63) is 41.3 Å². The van der Waals surface area contributed by atoms with E-state index in [2.05, 4.69) is 34.6 Å². The number of rotatable bonds is 8. The number of halogens is 1. The maximum absolute atomic E-state index is 14.7. The number of pyridine rings is 1. The zero-order valence-electron chi connectivity index (χ0n) is 18.5. The van der Waals surface area contributed by atoms with Gasteiger partial charge in [0.15, 0.2) is 11.6 Å². The first kappa shape index (κ1) is 22.5. The molecule has 0 spiro atoms. The van der Waals surface area contributed by atoms with Crippen molar-refractivity contribution in [2.45, 2.75) is 46.2 Å². The lowest BCUT2D eigenvalue weighted by atomic mass is 9.99. The van der Waals surface area contributed by atoms with Gasteiger partial charge >= 0.3 is 0 Å². The summed E-state index contributed by atoms with van der Waals surface area (Å²) in [5.74, 6) is -0.875. The van der Waals surface area contributed by atoms with Crippen molar-refractivity contribution < 1.29 is 9.18 Å². The zero-order valence-corrected chi connectivity index (χ0v) is 18.5. The lowest BCUT2D eigenvalue weighted by Crippen LogP contribution is -2.39. The molecule has 2 aromatic heterocycles. The Hall–Kier alpha value is -3.20. The van der Waals surface area contributed by atoms with Gasteiger partial charge in [0, 0.05) is 30.2 Å². The Morgan fingerprint density at radius 3 is 2.55 bits per heavy atom. The van der Waals surface area contributed by atoms with E-state index in [1.165, 1.54) is 0 Å². The number of nitrogens with two attached hydrogens (primary N) is 2. The topological polar surface area (TPSA) is 124 Å². The number of carbonyl (C=O) groups excluding carboxylic acids is 1. The second-order valence-electron chi connectivity index (χ2n) is 8.38. The molecule has 166 valence electrons. The molecule has 0 saturated heterocycles. The van der Waals surface area contributed by atoms with E-state index in [9.17, 15) is 9.18 Å². The molecule has 1 amide bonds. The van der Waals surface area contributed by atoms with Crippen LogP contribution in [0.5, 0.6) is 0 Å². The minimum atomic E-state index is -0.773. The SMILES string of the molecule is Cc1nn(C)c2ccc(Nc3nc(N[C@H](CC(C)C)[C@H](C)N)c(F)cc3C(N)=O)cc12. The summed E-state index contributed by atoms with van der Waals surface area (Å²) in [4.78, 5) is 16.3. The van der Waals surface area contributed by atoms with Crippen LogP contribution in [0.4, 0.5) is 21.7 Å². The van der Waals surface area contributed by atoms with Gasteiger partial charge in [-0.05, 0) is 50.5 Å². The normalized spacial score (nSPS) is 13.4. The molecule has 0 fully saturated rings. The maximum Gasteiger partial charge on any atom is 0.252 e.